The van der Waals surface area contributed by atoms with E-state index in [1.54, 1.807) is 6.08 Å². The molecule has 0 saturated heterocycles. The zero-order chi connectivity index (χ0) is 16.9. The van der Waals surface area contributed by atoms with Crippen LogP contribution in [0.3, 0.4) is 0 Å². The highest BCUT2D eigenvalue weighted by Crippen LogP contribution is 2.37. The predicted octanol–water partition coefficient (Wildman–Crippen LogP) is 3.13. The molecular weight excluding hydrogens is 300 g/mol. The summed E-state index contributed by atoms with van der Waals surface area (Å²) in [5.41, 5.74) is 7.54. The van der Waals surface area contributed by atoms with Crippen molar-refractivity contribution in [2.45, 2.75) is 6.10 Å². The highest BCUT2D eigenvalue weighted by atomic mass is 16.5. The second-order valence-electron chi connectivity index (χ2n) is 5.45. The third-order valence-electron chi connectivity index (χ3n) is 3.88. The molecule has 2 aromatic rings. The largest absolute Gasteiger partial charge is 0.483 e. The molecule has 118 valence electrons. The number of nitrogens with zero attached hydrogens (tertiary/aromatic N) is 1. The van der Waals surface area contributed by atoms with Gasteiger partial charge in [0.25, 0.3) is 0 Å². The van der Waals surface area contributed by atoms with E-state index in [-0.39, 0.29) is 5.57 Å². The summed E-state index contributed by atoms with van der Waals surface area (Å²) >= 11 is 0. The first-order valence-corrected chi connectivity index (χ1v) is 7.59. The molecule has 0 fully saturated rings. The standard InChI is InChI=1S/C20H16N2O2/c21-13-16-18(20(22)23)17(12-11-14-7-3-1-4-8-14)24-19(16)15-9-5-2-6-10-15/h1-12,17-18H,(H2,22,23)/b12-11+/t17-,18-/m1/s1. The molecular formula is C20H16N2O2. The van der Waals surface area contributed by atoms with Crippen molar-refractivity contribution in [3.8, 4) is 6.07 Å². The van der Waals surface area contributed by atoms with E-state index in [2.05, 4.69) is 6.07 Å². The van der Waals surface area contributed by atoms with Crippen molar-refractivity contribution in [3.05, 3.63) is 83.4 Å². The van der Waals surface area contributed by atoms with Crippen LogP contribution in [0.1, 0.15) is 11.1 Å². The first kappa shape index (κ1) is 15.6. The normalized spacial score (nSPS) is 20.0. The molecule has 4 heteroatoms. The van der Waals surface area contributed by atoms with E-state index in [0.717, 1.165) is 11.1 Å². The van der Waals surface area contributed by atoms with Crippen LogP contribution in [0.5, 0.6) is 0 Å². The van der Waals surface area contributed by atoms with Crippen LogP contribution in [0.25, 0.3) is 11.8 Å². The number of rotatable bonds is 4. The van der Waals surface area contributed by atoms with Crippen LogP contribution in [-0.2, 0) is 9.53 Å². The van der Waals surface area contributed by atoms with E-state index < -0.39 is 17.9 Å². The van der Waals surface area contributed by atoms with Gasteiger partial charge in [0, 0.05) is 5.56 Å². The molecule has 1 aliphatic rings. The predicted molar refractivity (Wildman–Crippen MR) is 92.0 cm³/mol. The number of carbonyl (C=O) groups excluding carboxylic acids is 1. The Hall–Kier alpha value is -3.32. The summed E-state index contributed by atoms with van der Waals surface area (Å²) in [7, 11) is 0. The van der Waals surface area contributed by atoms with Crippen LogP contribution in [0.2, 0.25) is 0 Å². The molecule has 0 saturated carbocycles. The van der Waals surface area contributed by atoms with E-state index in [9.17, 15) is 10.1 Å². The highest BCUT2D eigenvalue weighted by molar-refractivity contribution is 5.87. The van der Waals surface area contributed by atoms with E-state index in [0.29, 0.717) is 5.76 Å². The Morgan fingerprint density at radius 1 is 1.08 bits per heavy atom. The van der Waals surface area contributed by atoms with Gasteiger partial charge in [-0.05, 0) is 11.6 Å². The minimum Gasteiger partial charge on any atom is -0.483 e. The van der Waals surface area contributed by atoms with Crippen LogP contribution in [0, 0.1) is 17.2 Å². The van der Waals surface area contributed by atoms with Gasteiger partial charge in [-0.1, -0.05) is 66.7 Å². The summed E-state index contributed by atoms with van der Waals surface area (Å²) in [4.78, 5) is 11.9. The number of hydrogen-bond acceptors (Lipinski definition) is 3. The number of ether oxygens (including phenoxy) is 1. The van der Waals surface area contributed by atoms with Crippen molar-refractivity contribution in [1.82, 2.24) is 0 Å². The molecule has 24 heavy (non-hydrogen) atoms. The molecule has 0 bridgehead atoms. The molecule has 1 amide bonds. The minimum atomic E-state index is -0.787. The average Bonchev–Trinajstić information content (AvgIpc) is 3.00. The van der Waals surface area contributed by atoms with Gasteiger partial charge in [-0.2, -0.15) is 5.26 Å². The Labute approximate surface area is 140 Å². The number of primary amides is 1. The molecule has 0 aliphatic carbocycles. The molecule has 2 aromatic carbocycles. The lowest BCUT2D eigenvalue weighted by Crippen LogP contribution is -2.31. The fourth-order valence-corrected chi connectivity index (χ4v) is 2.73. The van der Waals surface area contributed by atoms with Gasteiger partial charge in [0.05, 0.1) is 11.6 Å². The van der Waals surface area contributed by atoms with Crippen LogP contribution >= 0.6 is 0 Å². The molecule has 1 aliphatic heterocycles. The van der Waals surface area contributed by atoms with E-state index in [4.69, 9.17) is 10.5 Å². The Balaban J connectivity index is 1.95. The third kappa shape index (κ3) is 3.06. The van der Waals surface area contributed by atoms with Gasteiger partial charge in [0.1, 0.15) is 17.8 Å². The molecule has 4 nitrogen and oxygen atoms in total. The van der Waals surface area contributed by atoms with Crippen LogP contribution in [-0.4, -0.2) is 12.0 Å². The lowest BCUT2D eigenvalue weighted by Gasteiger charge is -2.13. The summed E-state index contributed by atoms with van der Waals surface area (Å²) in [6.07, 6.45) is 3.05. The monoisotopic (exact) mass is 316 g/mol. The molecule has 0 unspecified atom stereocenters. The molecule has 0 spiro atoms. The number of benzene rings is 2. The maximum absolute atomic E-state index is 11.9. The second kappa shape index (κ2) is 6.84. The summed E-state index contributed by atoms with van der Waals surface area (Å²) in [6.45, 7) is 0. The maximum Gasteiger partial charge on any atom is 0.229 e. The Morgan fingerprint density at radius 2 is 1.71 bits per heavy atom. The average molecular weight is 316 g/mol. The Kier molecular flexibility index (Phi) is 4.44. The maximum atomic E-state index is 11.9. The SMILES string of the molecule is N#CC1=C(c2ccccc2)O[C@H](/C=C/c2ccccc2)[C@@H]1C(N)=O. The molecule has 3 rings (SSSR count). The van der Waals surface area contributed by atoms with Gasteiger partial charge >= 0.3 is 0 Å². The zero-order valence-corrected chi connectivity index (χ0v) is 12.9. The number of nitriles is 1. The van der Waals surface area contributed by atoms with Gasteiger partial charge < -0.3 is 10.5 Å². The van der Waals surface area contributed by atoms with Crippen molar-refractivity contribution in [2.75, 3.05) is 0 Å². The Morgan fingerprint density at radius 3 is 2.29 bits per heavy atom. The summed E-state index contributed by atoms with van der Waals surface area (Å²) in [6, 6.07) is 21.0. The first-order valence-electron chi connectivity index (χ1n) is 7.59. The molecule has 2 atom stereocenters. The van der Waals surface area contributed by atoms with Gasteiger partial charge in [-0.3, -0.25) is 4.79 Å². The lowest BCUT2D eigenvalue weighted by molar-refractivity contribution is -0.121. The van der Waals surface area contributed by atoms with E-state index in [1.807, 2.05) is 66.7 Å². The quantitative estimate of drug-likeness (QED) is 0.941. The summed E-state index contributed by atoms with van der Waals surface area (Å²) < 4.78 is 5.92. The van der Waals surface area contributed by atoms with Gasteiger partial charge in [0.15, 0.2) is 0 Å². The topological polar surface area (TPSA) is 76.1 Å². The smallest absolute Gasteiger partial charge is 0.229 e. The van der Waals surface area contributed by atoms with Crippen molar-refractivity contribution in [2.24, 2.45) is 11.7 Å². The molecule has 1 heterocycles. The molecule has 0 aromatic heterocycles. The highest BCUT2D eigenvalue weighted by Gasteiger charge is 2.39. The second-order valence-corrected chi connectivity index (χ2v) is 5.45. The van der Waals surface area contributed by atoms with Gasteiger partial charge in [0.2, 0.25) is 5.91 Å². The van der Waals surface area contributed by atoms with Crippen molar-refractivity contribution >= 4 is 17.7 Å². The van der Waals surface area contributed by atoms with Crippen molar-refractivity contribution < 1.29 is 9.53 Å². The summed E-state index contributed by atoms with van der Waals surface area (Å²) in [5.74, 6) is -0.935. The fraction of sp³-hybridized carbons (Fsp3) is 0.100. The number of amides is 1. The van der Waals surface area contributed by atoms with Crippen molar-refractivity contribution in [1.29, 1.82) is 5.26 Å². The van der Waals surface area contributed by atoms with Crippen LogP contribution in [0.4, 0.5) is 0 Å². The lowest BCUT2D eigenvalue weighted by atomic mass is 9.93. The van der Waals surface area contributed by atoms with E-state index in [1.165, 1.54) is 0 Å². The fourth-order valence-electron chi connectivity index (χ4n) is 2.73. The van der Waals surface area contributed by atoms with Gasteiger partial charge in [-0.25, -0.2) is 0 Å². The van der Waals surface area contributed by atoms with Crippen molar-refractivity contribution in [3.63, 3.8) is 0 Å². The first-order chi connectivity index (χ1) is 11.7. The number of hydrogen-bond donors (Lipinski definition) is 1. The van der Waals surface area contributed by atoms with Crippen LogP contribution in [0.15, 0.2) is 72.3 Å². The number of nitrogens with two attached hydrogens (primary N) is 1. The number of carbonyl (C=O) groups is 1. The van der Waals surface area contributed by atoms with Gasteiger partial charge in [-0.15, -0.1) is 0 Å². The van der Waals surface area contributed by atoms with E-state index >= 15 is 0 Å². The molecule has 2 N–H and O–H groups in total. The zero-order valence-electron chi connectivity index (χ0n) is 12.9. The minimum absolute atomic E-state index is 0.274. The molecule has 0 radical (unpaired) electrons. The third-order valence-corrected chi connectivity index (χ3v) is 3.88. The van der Waals surface area contributed by atoms with Crippen LogP contribution < -0.4 is 5.73 Å². The summed E-state index contributed by atoms with van der Waals surface area (Å²) in [5, 5.41) is 9.50. The Bertz CT molecular complexity index is 833.